The molecule has 0 saturated heterocycles. The van der Waals surface area contributed by atoms with Crippen molar-refractivity contribution in [3.05, 3.63) is 59.2 Å². The van der Waals surface area contributed by atoms with Gasteiger partial charge in [0.05, 0.1) is 17.8 Å². The Morgan fingerprint density at radius 3 is 2.71 bits per heavy atom. The van der Waals surface area contributed by atoms with Crippen molar-refractivity contribution in [3.8, 4) is 0 Å². The number of allylic oxidation sites excluding steroid dienone is 2. The highest BCUT2D eigenvalue weighted by Gasteiger charge is 2.43. The Morgan fingerprint density at radius 1 is 1.26 bits per heavy atom. The minimum Gasteiger partial charge on any atom is -0.478 e. The van der Waals surface area contributed by atoms with E-state index in [4.69, 9.17) is 0 Å². The van der Waals surface area contributed by atoms with Gasteiger partial charge in [-0.2, -0.15) is 0 Å². The zero-order chi connectivity index (χ0) is 22.6. The average molecular weight is 427 g/mol. The van der Waals surface area contributed by atoms with Crippen molar-refractivity contribution in [2.24, 2.45) is 23.2 Å². The zero-order valence-electron chi connectivity index (χ0n) is 19.1. The number of aromatic carboxylic acids is 1. The van der Waals surface area contributed by atoms with Gasteiger partial charge in [0, 0.05) is 5.92 Å². The number of aliphatic hydroxyl groups excluding tert-OH is 2. The van der Waals surface area contributed by atoms with Gasteiger partial charge >= 0.3 is 5.97 Å². The summed E-state index contributed by atoms with van der Waals surface area (Å²) in [5.74, 6) is -0.0511. The molecule has 0 radical (unpaired) electrons. The zero-order valence-corrected chi connectivity index (χ0v) is 19.1. The molecule has 2 aliphatic rings. The van der Waals surface area contributed by atoms with Crippen LogP contribution in [-0.2, 0) is 6.42 Å². The Labute approximate surface area is 186 Å². The van der Waals surface area contributed by atoms with Crippen LogP contribution in [-0.4, -0.2) is 33.5 Å². The highest BCUT2D eigenvalue weighted by atomic mass is 16.4. The minimum absolute atomic E-state index is 0.0710. The molecule has 1 aromatic rings. The Morgan fingerprint density at radius 2 is 2.00 bits per heavy atom. The van der Waals surface area contributed by atoms with E-state index in [2.05, 4.69) is 32.9 Å². The lowest BCUT2D eigenvalue weighted by Gasteiger charge is -2.29. The maximum absolute atomic E-state index is 11.4. The van der Waals surface area contributed by atoms with Crippen molar-refractivity contribution in [1.82, 2.24) is 0 Å². The van der Waals surface area contributed by atoms with Crippen LogP contribution >= 0.6 is 0 Å². The van der Waals surface area contributed by atoms with Gasteiger partial charge in [0.25, 0.3) is 0 Å². The van der Waals surface area contributed by atoms with Gasteiger partial charge in [-0.25, -0.2) is 4.79 Å². The molecular weight excluding hydrogens is 388 g/mol. The first-order chi connectivity index (χ1) is 14.7. The maximum atomic E-state index is 11.4. The first kappa shape index (κ1) is 23.7. The van der Waals surface area contributed by atoms with Crippen LogP contribution in [0.2, 0.25) is 0 Å². The molecule has 0 bridgehead atoms. The Hall–Kier alpha value is -1.91. The Kier molecular flexibility index (Phi) is 7.77. The number of rotatable bonds is 10. The smallest absolute Gasteiger partial charge is 0.335 e. The number of carboxylic acid groups (broad SMARTS) is 1. The number of hydrogen-bond donors (Lipinski definition) is 3. The van der Waals surface area contributed by atoms with E-state index < -0.39 is 12.1 Å². The summed E-state index contributed by atoms with van der Waals surface area (Å²) in [5, 5.41) is 30.7. The molecule has 3 rings (SSSR count). The molecule has 1 aromatic carbocycles. The van der Waals surface area contributed by atoms with Crippen molar-refractivity contribution in [1.29, 1.82) is 0 Å². The number of carbonyl (C=O) groups is 1. The molecule has 0 unspecified atom stereocenters. The van der Waals surface area contributed by atoms with Crippen LogP contribution < -0.4 is 0 Å². The third-order valence-electron chi connectivity index (χ3n) is 7.40. The quantitative estimate of drug-likeness (QED) is 0.438. The lowest BCUT2D eigenvalue weighted by Crippen LogP contribution is -2.28. The van der Waals surface area contributed by atoms with Crippen molar-refractivity contribution in [3.63, 3.8) is 0 Å². The van der Waals surface area contributed by atoms with Crippen LogP contribution in [0.25, 0.3) is 0 Å². The summed E-state index contributed by atoms with van der Waals surface area (Å²) >= 11 is 0. The van der Waals surface area contributed by atoms with E-state index in [-0.39, 0.29) is 17.4 Å². The summed E-state index contributed by atoms with van der Waals surface area (Å²) in [6, 6.07) is 7.23. The van der Waals surface area contributed by atoms with Crippen molar-refractivity contribution in [2.75, 3.05) is 0 Å². The summed E-state index contributed by atoms with van der Waals surface area (Å²) in [6.07, 6.45) is 11.9. The van der Waals surface area contributed by atoms with Gasteiger partial charge in [0.2, 0.25) is 0 Å². The van der Waals surface area contributed by atoms with Crippen LogP contribution in [0.1, 0.15) is 75.2 Å². The molecule has 1 saturated carbocycles. The second-order valence-corrected chi connectivity index (χ2v) is 10.1. The van der Waals surface area contributed by atoms with E-state index in [9.17, 15) is 20.1 Å². The van der Waals surface area contributed by atoms with Crippen LogP contribution in [0, 0.1) is 23.2 Å². The fourth-order valence-corrected chi connectivity index (χ4v) is 5.31. The molecule has 0 spiro atoms. The first-order valence-corrected chi connectivity index (χ1v) is 11.8. The molecule has 0 amide bonds. The largest absolute Gasteiger partial charge is 0.478 e. The SMILES string of the molecule is CCCCC(C)(C)[C@@H](O)C=C[C@H]1[C@H]2CC(CCc3ccccc3C(=O)O)=C[C@H]2C[C@H]1O. The Balaban J connectivity index is 1.60. The van der Waals surface area contributed by atoms with E-state index >= 15 is 0 Å². The number of fused-ring (bicyclic) bond motifs is 1. The van der Waals surface area contributed by atoms with E-state index in [0.717, 1.165) is 50.5 Å². The number of hydrogen-bond acceptors (Lipinski definition) is 3. The second-order valence-electron chi connectivity index (χ2n) is 10.1. The molecule has 2 aliphatic carbocycles. The summed E-state index contributed by atoms with van der Waals surface area (Å²) in [4.78, 5) is 11.4. The summed E-state index contributed by atoms with van der Waals surface area (Å²) in [7, 11) is 0. The molecule has 5 atom stereocenters. The minimum atomic E-state index is -0.874. The van der Waals surface area contributed by atoms with Crippen molar-refractivity contribution in [2.45, 2.75) is 77.9 Å². The fourth-order valence-electron chi connectivity index (χ4n) is 5.31. The molecule has 0 aliphatic heterocycles. The van der Waals surface area contributed by atoms with Gasteiger partial charge in [-0.05, 0) is 61.0 Å². The van der Waals surface area contributed by atoms with Gasteiger partial charge < -0.3 is 15.3 Å². The normalized spacial score (nSPS) is 26.8. The highest BCUT2D eigenvalue weighted by Crippen LogP contribution is 2.48. The molecule has 0 aromatic heterocycles. The van der Waals surface area contributed by atoms with Crippen LogP contribution in [0.3, 0.4) is 0 Å². The van der Waals surface area contributed by atoms with E-state index in [0.29, 0.717) is 17.4 Å². The highest BCUT2D eigenvalue weighted by molar-refractivity contribution is 5.89. The number of benzene rings is 1. The standard InChI is InChI=1S/C27H38O4/c1-4-5-14-27(2,3)25(29)13-12-22-23-16-18(15-20(23)17-24(22)28)10-11-19-8-6-7-9-21(19)26(30)31/h6-9,12-13,15,20,22-25,28-29H,4-5,10-11,14,16-17H2,1-3H3,(H,30,31)/t20-,22-,23-,24+,25-/m0/s1. The monoisotopic (exact) mass is 426 g/mol. The lowest BCUT2D eigenvalue weighted by molar-refractivity contribution is 0.0695. The molecule has 3 N–H and O–H groups in total. The fraction of sp³-hybridized carbons (Fsp3) is 0.593. The Bertz CT molecular complexity index is 822. The maximum Gasteiger partial charge on any atom is 0.335 e. The molecule has 31 heavy (non-hydrogen) atoms. The third kappa shape index (κ3) is 5.67. The van der Waals surface area contributed by atoms with Gasteiger partial charge in [0.1, 0.15) is 0 Å². The van der Waals surface area contributed by atoms with Crippen LogP contribution in [0.4, 0.5) is 0 Å². The molecule has 4 nitrogen and oxygen atoms in total. The van der Waals surface area contributed by atoms with Gasteiger partial charge in [0.15, 0.2) is 0 Å². The van der Waals surface area contributed by atoms with E-state index in [1.807, 2.05) is 18.2 Å². The first-order valence-electron chi connectivity index (χ1n) is 11.8. The molecule has 4 heteroatoms. The summed E-state index contributed by atoms with van der Waals surface area (Å²) < 4.78 is 0. The summed E-state index contributed by atoms with van der Waals surface area (Å²) in [6.45, 7) is 6.38. The van der Waals surface area contributed by atoms with Crippen LogP contribution in [0.15, 0.2) is 48.1 Å². The van der Waals surface area contributed by atoms with E-state index in [1.165, 1.54) is 5.57 Å². The predicted molar refractivity (Wildman–Crippen MR) is 124 cm³/mol. The van der Waals surface area contributed by atoms with E-state index in [1.54, 1.807) is 12.1 Å². The van der Waals surface area contributed by atoms with Gasteiger partial charge in [-0.3, -0.25) is 0 Å². The predicted octanol–water partition coefficient (Wildman–Crippen LogP) is 5.39. The number of aliphatic hydroxyl groups is 2. The van der Waals surface area contributed by atoms with Gasteiger partial charge in [-0.15, -0.1) is 0 Å². The lowest BCUT2D eigenvalue weighted by atomic mass is 9.80. The molecule has 1 fully saturated rings. The molecule has 170 valence electrons. The number of carboxylic acids is 1. The van der Waals surface area contributed by atoms with Crippen LogP contribution in [0.5, 0.6) is 0 Å². The number of unbranched alkanes of at least 4 members (excludes halogenated alkanes) is 1. The second kappa shape index (κ2) is 10.1. The van der Waals surface area contributed by atoms with Gasteiger partial charge in [-0.1, -0.05) is 75.6 Å². The van der Waals surface area contributed by atoms with Crippen molar-refractivity contribution >= 4 is 5.97 Å². The average Bonchev–Trinajstić information content (AvgIpc) is 3.25. The number of aryl methyl sites for hydroxylation is 1. The third-order valence-corrected chi connectivity index (χ3v) is 7.40. The van der Waals surface area contributed by atoms with Crippen molar-refractivity contribution < 1.29 is 20.1 Å². The summed E-state index contributed by atoms with van der Waals surface area (Å²) in [5.41, 5.74) is 2.47. The molecular formula is C27H38O4. The molecule has 0 heterocycles. The topological polar surface area (TPSA) is 77.8 Å².